The first-order valence-electron chi connectivity index (χ1n) is 9.17. The largest absolute Gasteiger partial charge is 0.271 e. The molecule has 0 spiro atoms. The molecule has 1 aromatic carbocycles. The molecule has 2 N–H and O–H groups in total. The van der Waals surface area contributed by atoms with E-state index >= 15 is 0 Å². The summed E-state index contributed by atoms with van der Waals surface area (Å²) in [5.41, 5.74) is 8.23. The zero-order valence-corrected chi connectivity index (χ0v) is 16.5. The molecule has 2 heterocycles. The summed E-state index contributed by atoms with van der Waals surface area (Å²) in [6.07, 6.45) is 3.31. The zero-order valence-electron chi connectivity index (χ0n) is 16.5. The molecule has 0 saturated carbocycles. The summed E-state index contributed by atoms with van der Waals surface area (Å²) in [5, 5.41) is 8.12. The van der Waals surface area contributed by atoms with Gasteiger partial charge in [0.25, 0.3) is 11.8 Å². The minimum Gasteiger partial charge on any atom is -0.267 e. The van der Waals surface area contributed by atoms with Crippen molar-refractivity contribution >= 4 is 23.2 Å². The first-order chi connectivity index (χ1) is 14.5. The first kappa shape index (κ1) is 20.5. The molecule has 0 aliphatic rings. The highest BCUT2D eigenvalue weighted by atomic mass is 16.2. The van der Waals surface area contributed by atoms with Crippen molar-refractivity contribution < 1.29 is 9.59 Å². The predicted octanol–water partition coefficient (Wildman–Crippen LogP) is 2.78. The fourth-order valence-electron chi connectivity index (χ4n) is 2.44. The molecule has 0 aliphatic carbocycles. The summed E-state index contributed by atoms with van der Waals surface area (Å²) in [6.45, 7) is 3.51. The van der Waals surface area contributed by atoms with Crippen molar-refractivity contribution in [1.82, 2.24) is 20.8 Å². The Balaban J connectivity index is 1.60. The fourth-order valence-corrected chi connectivity index (χ4v) is 2.44. The van der Waals surface area contributed by atoms with Gasteiger partial charge in [0.15, 0.2) is 0 Å². The van der Waals surface area contributed by atoms with Crippen LogP contribution in [0.15, 0.2) is 83.3 Å². The van der Waals surface area contributed by atoms with Crippen LogP contribution in [0.3, 0.4) is 0 Å². The molecule has 0 atom stereocenters. The minimum absolute atomic E-state index is 0.372. The van der Waals surface area contributed by atoms with E-state index < -0.39 is 0 Å². The number of hydrogen-bond acceptors (Lipinski definition) is 6. The number of carbonyl (C=O) groups excluding carboxylic acids is 2. The minimum atomic E-state index is -0.388. The Bertz CT molecular complexity index is 989. The Morgan fingerprint density at radius 2 is 1.07 bits per heavy atom. The van der Waals surface area contributed by atoms with E-state index in [2.05, 4.69) is 31.0 Å². The van der Waals surface area contributed by atoms with E-state index in [9.17, 15) is 9.59 Å². The summed E-state index contributed by atoms with van der Waals surface area (Å²) >= 11 is 0. The van der Waals surface area contributed by atoms with Crippen LogP contribution in [-0.2, 0) is 0 Å². The molecule has 0 bridgehead atoms. The quantitative estimate of drug-likeness (QED) is 0.490. The van der Waals surface area contributed by atoms with Crippen LogP contribution in [0.5, 0.6) is 0 Å². The van der Waals surface area contributed by atoms with Gasteiger partial charge in [0.1, 0.15) is 0 Å². The number of hydrogen-bond donors (Lipinski definition) is 2. The molecule has 0 fully saturated rings. The number of carbonyl (C=O) groups is 2. The highest BCUT2D eigenvalue weighted by Crippen LogP contribution is 2.05. The van der Waals surface area contributed by atoms with Crippen LogP contribution >= 0.6 is 0 Å². The maximum Gasteiger partial charge on any atom is 0.271 e. The van der Waals surface area contributed by atoms with Gasteiger partial charge in [-0.15, -0.1) is 0 Å². The summed E-state index contributed by atoms with van der Waals surface area (Å²) in [7, 11) is 0. The van der Waals surface area contributed by atoms with Crippen LogP contribution < -0.4 is 10.9 Å². The SMILES string of the molecule is C/C(=N\NC(=O)c1ccc(C(=O)N/N=C(\C)c2ccccn2)cc1)c1ccccn1. The van der Waals surface area contributed by atoms with Crippen LogP contribution in [0.4, 0.5) is 0 Å². The smallest absolute Gasteiger partial charge is 0.267 e. The van der Waals surface area contributed by atoms with Gasteiger partial charge in [-0.2, -0.15) is 10.2 Å². The van der Waals surface area contributed by atoms with E-state index in [1.807, 2.05) is 12.1 Å². The zero-order chi connectivity index (χ0) is 21.3. The topological polar surface area (TPSA) is 109 Å². The molecular formula is C22H20N6O2. The lowest BCUT2D eigenvalue weighted by atomic mass is 10.1. The molecule has 0 radical (unpaired) electrons. The monoisotopic (exact) mass is 400 g/mol. The molecule has 3 rings (SSSR count). The third-order valence-corrected chi connectivity index (χ3v) is 4.13. The highest BCUT2D eigenvalue weighted by Gasteiger charge is 2.09. The fraction of sp³-hybridized carbons (Fsp3) is 0.0909. The molecule has 2 aromatic heterocycles. The van der Waals surface area contributed by atoms with E-state index in [1.165, 1.54) is 0 Å². The predicted molar refractivity (Wildman–Crippen MR) is 114 cm³/mol. The second-order valence-electron chi connectivity index (χ2n) is 6.28. The number of aromatic nitrogens is 2. The van der Waals surface area contributed by atoms with E-state index in [0.717, 1.165) is 0 Å². The standard InChI is InChI=1S/C22H20N6O2/c1-15(19-7-3-5-13-23-19)25-27-21(29)17-9-11-18(12-10-17)22(30)28-26-16(2)20-8-4-6-14-24-20/h3-14H,1-2H3,(H,27,29)(H,28,30)/b25-15+,26-16+. The molecular weight excluding hydrogens is 380 g/mol. The van der Waals surface area contributed by atoms with Crippen molar-refractivity contribution in [2.24, 2.45) is 10.2 Å². The van der Waals surface area contributed by atoms with E-state index in [1.54, 1.807) is 74.8 Å². The molecule has 0 saturated heterocycles. The van der Waals surface area contributed by atoms with Gasteiger partial charge < -0.3 is 0 Å². The normalized spacial score (nSPS) is 11.7. The van der Waals surface area contributed by atoms with Gasteiger partial charge in [0.2, 0.25) is 0 Å². The van der Waals surface area contributed by atoms with Crippen LogP contribution in [0, 0.1) is 0 Å². The molecule has 8 heteroatoms. The lowest BCUT2D eigenvalue weighted by Gasteiger charge is -2.05. The van der Waals surface area contributed by atoms with Crippen molar-refractivity contribution in [3.05, 3.63) is 95.6 Å². The van der Waals surface area contributed by atoms with Gasteiger partial charge in [-0.05, 0) is 62.4 Å². The average Bonchev–Trinajstić information content (AvgIpc) is 2.81. The molecule has 0 aliphatic heterocycles. The number of amides is 2. The third kappa shape index (κ3) is 5.41. The van der Waals surface area contributed by atoms with Crippen LogP contribution in [-0.4, -0.2) is 33.2 Å². The molecule has 150 valence electrons. The van der Waals surface area contributed by atoms with Gasteiger partial charge in [-0.25, -0.2) is 10.9 Å². The van der Waals surface area contributed by atoms with Gasteiger partial charge in [0, 0.05) is 23.5 Å². The Hall–Kier alpha value is -4.20. The molecule has 3 aromatic rings. The van der Waals surface area contributed by atoms with Crippen LogP contribution in [0.1, 0.15) is 46.0 Å². The number of rotatable bonds is 6. The van der Waals surface area contributed by atoms with E-state index in [0.29, 0.717) is 33.9 Å². The summed E-state index contributed by atoms with van der Waals surface area (Å²) < 4.78 is 0. The summed E-state index contributed by atoms with van der Waals surface area (Å²) in [5.74, 6) is -0.775. The van der Waals surface area contributed by atoms with Gasteiger partial charge in [-0.3, -0.25) is 19.6 Å². The third-order valence-electron chi connectivity index (χ3n) is 4.13. The second kappa shape index (κ2) is 9.83. The Labute approximate surface area is 173 Å². The number of benzene rings is 1. The van der Waals surface area contributed by atoms with Crippen molar-refractivity contribution in [3.8, 4) is 0 Å². The second-order valence-corrected chi connectivity index (χ2v) is 6.28. The Morgan fingerprint density at radius 1 is 0.667 bits per heavy atom. The van der Waals surface area contributed by atoms with Crippen molar-refractivity contribution in [3.63, 3.8) is 0 Å². The number of nitrogens with one attached hydrogen (secondary N) is 2. The maximum atomic E-state index is 12.3. The average molecular weight is 400 g/mol. The Kier molecular flexibility index (Phi) is 6.73. The number of nitrogens with zero attached hydrogens (tertiary/aromatic N) is 4. The lowest BCUT2D eigenvalue weighted by molar-refractivity contribution is 0.0943. The summed E-state index contributed by atoms with van der Waals surface area (Å²) in [6, 6.07) is 17.1. The van der Waals surface area contributed by atoms with Crippen molar-refractivity contribution in [2.45, 2.75) is 13.8 Å². The summed E-state index contributed by atoms with van der Waals surface area (Å²) in [4.78, 5) is 32.9. The van der Waals surface area contributed by atoms with Gasteiger partial charge >= 0.3 is 0 Å². The molecule has 2 amide bonds. The first-order valence-corrected chi connectivity index (χ1v) is 9.17. The molecule has 30 heavy (non-hydrogen) atoms. The Morgan fingerprint density at radius 3 is 1.40 bits per heavy atom. The van der Waals surface area contributed by atoms with Gasteiger partial charge in [0.05, 0.1) is 22.8 Å². The van der Waals surface area contributed by atoms with E-state index in [-0.39, 0.29) is 11.8 Å². The highest BCUT2D eigenvalue weighted by molar-refractivity contribution is 6.01. The van der Waals surface area contributed by atoms with Gasteiger partial charge in [-0.1, -0.05) is 12.1 Å². The number of pyridine rings is 2. The van der Waals surface area contributed by atoms with E-state index in [4.69, 9.17) is 0 Å². The van der Waals surface area contributed by atoms with Crippen LogP contribution in [0.2, 0.25) is 0 Å². The lowest BCUT2D eigenvalue weighted by Crippen LogP contribution is -2.21. The van der Waals surface area contributed by atoms with Crippen molar-refractivity contribution in [2.75, 3.05) is 0 Å². The van der Waals surface area contributed by atoms with Crippen LogP contribution in [0.25, 0.3) is 0 Å². The maximum absolute atomic E-state index is 12.3. The molecule has 8 nitrogen and oxygen atoms in total. The van der Waals surface area contributed by atoms with Crippen molar-refractivity contribution in [1.29, 1.82) is 0 Å². The molecule has 0 unspecified atom stereocenters. The number of hydrazone groups is 2.